The van der Waals surface area contributed by atoms with Crippen molar-refractivity contribution in [2.45, 2.75) is 12.8 Å². The molecule has 2 aromatic carbocycles. The van der Waals surface area contributed by atoms with Gasteiger partial charge in [0.1, 0.15) is 0 Å². The Morgan fingerprint density at radius 3 is 2.77 bits per heavy atom. The van der Waals surface area contributed by atoms with E-state index >= 15 is 0 Å². The first kappa shape index (κ1) is 12.9. The zero-order chi connectivity index (χ0) is 15.1. The highest BCUT2D eigenvalue weighted by Crippen LogP contribution is 2.32. The maximum atomic E-state index is 11.9. The van der Waals surface area contributed by atoms with Gasteiger partial charge in [-0.05, 0) is 48.2 Å². The minimum absolute atomic E-state index is 0.0632. The number of aromatic amines is 1. The molecule has 4 N–H and O–H groups in total. The van der Waals surface area contributed by atoms with Crippen LogP contribution in [0.5, 0.6) is 0 Å². The van der Waals surface area contributed by atoms with Gasteiger partial charge >= 0.3 is 0 Å². The summed E-state index contributed by atoms with van der Waals surface area (Å²) in [6.45, 7) is 0. The Hall–Kier alpha value is -2.82. The van der Waals surface area contributed by atoms with Crippen molar-refractivity contribution in [3.63, 3.8) is 0 Å². The van der Waals surface area contributed by atoms with Crippen molar-refractivity contribution in [1.82, 2.24) is 10.2 Å². The van der Waals surface area contributed by atoms with Crippen molar-refractivity contribution in [1.29, 1.82) is 0 Å². The number of nitrogens with one attached hydrogen (secondary N) is 2. The fourth-order valence-corrected chi connectivity index (χ4v) is 2.58. The van der Waals surface area contributed by atoms with Crippen LogP contribution in [0.2, 0.25) is 0 Å². The second-order valence-electron chi connectivity index (χ2n) is 5.72. The van der Waals surface area contributed by atoms with Crippen molar-refractivity contribution in [2.75, 3.05) is 11.1 Å². The van der Waals surface area contributed by atoms with E-state index in [0.717, 1.165) is 40.6 Å². The van der Waals surface area contributed by atoms with Gasteiger partial charge in [-0.2, -0.15) is 5.10 Å². The van der Waals surface area contributed by atoms with Gasteiger partial charge in [-0.3, -0.25) is 9.89 Å². The SMILES string of the molecule is Nc1cccc(-c2ccc3c(NC(=O)C4CC4)n[nH]c3c2)c1. The summed E-state index contributed by atoms with van der Waals surface area (Å²) in [5, 5.41) is 11.0. The number of rotatable bonds is 3. The highest BCUT2D eigenvalue weighted by atomic mass is 16.2. The van der Waals surface area contributed by atoms with Gasteiger partial charge in [-0.25, -0.2) is 0 Å². The predicted octanol–water partition coefficient (Wildman–Crippen LogP) is 3.16. The minimum atomic E-state index is 0.0632. The Kier molecular flexibility index (Phi) is 2.85. The van der Waals surface area contributed by atoms with Crippen LogP contribution in [0, 0.1) is 5.92 Å². The van der Waals surface area contributed by atoms with Gasteiger partial charge < -0.3 is 11.1 Å². The molecule has 22 heavy (non-hydrogen) atoms. The van der Waals surface area contributed by atoms with E-state index in [1.165, 1.54) is 0 Å². The van der Waals surface area contributed by atoms with E-state index < -0.39 is 0 Å². The summed E-state index contributed by atoms with van der Waals surface area (Å²) in [6, 6.07) is 13.8. The molecule has 0 atom stereocenters. The van der Waals surface area contributed by atoms with Crippen LogP contribution in [-0.4, -0.2) is 16.1 Å². The molecule has 0 unspecified atom stereocenters. The topological polar surface area (TPSA) is 83.8 Å². The average molecular weight is 292 g/mol. The summed E-state index contributed by atoms with van der Waals surface area (Å²) in [5.74, 6) is 0.831. The van der Waals surface area contributed by atoms with E-state index in [1.807, 2.05) is 42.5 Å². The molecular formula is C17H16N4O. The van der Waals surface area contributed by atoms with Gasteiger partial charge in [-0.1, -0.05) is 18.2 Å². The Morgan fingerprint density at radius 2 is 2.00 bits per heavy atom. The molecule has 5 heteroatoms. The van der Waals surface area contributed by atoms with Gasteiger partial charge in [0.05, 0.1) is 5.52 Å². The van der Waals surface area contributed by atoms with Crippen molar-refractivity contribution < 1.29 is 4.79 Å². The zero-order valence-electron chi connectivity index (χ0n) is 12.0. The molecule has 4 rings (SSSR count). The van der Waals surface area contributed by atoms with Crippen LogP contribution >= 0.6 is 0 Å². The highest BCUT2D eigenvalue weighted by molar-refractivity contribution is 6.02. The minimum Gasteiger partial charge on any atom is -0.399 e. The van der Waals surface area contributed by atoms with Gasteiger partial charge in [0.15, 0.2) is 5.82 Å². The zero-order valence-corrected chi connectivity index (χ0v) is 12.0. The molecule has 1 amide bonds. The molecular weight excluding hydrogens is 276 g/mol. The second kappa shape index (κ2) is 4.87. The Labute approximate surface area is 127 Å². The number of fused-ring (bicyclic) bond motifs is 1. The summed E-state index contributed by atoms with van der Waals surface area (Å²) in [7, 11) is 0. The van der Waals surface area contributed by atoms with E-state index in [9.17, 15) is 4.79 Å². The number of hydrogen-bond acceptors (Lipinski definition) is 3. The summed E-state index contributed by atoms with van der Waals surface area (Å²) < 4.78 is 0. The van der Waals surface area contributed by atoms with Crippen LogP contribution in [0.3, 0.4) is 0 Å². The molecule has 0 bridgehead atoms. The van der Waals surface area contributed by atoms with Gasteiger partial charge in [0.25, 0.3) is 0 Å². The molecule has 0 aliphatic heterocycles. The number of carbonyl (C=O) groups excluding carboxylic acids is 1. The Morgan fingerprint density at radius 1 is 1.18 bits per heavy atom. The molecule has 0 spiro atoms. The van der Waals surface area contributed by atoms with E-state index in [4.69, 9.17) is 5.73 Å². The number of nitrogens with zero attached hydrogens (tertiary/aromatic N) is 1. The van der Waals surface area contributed by atoms with Crippen LogP contribution in [0.1, 0.15) is 12.8 Å². The molecule has 1 heterocycles. The number of aromatic nitrogens is 2. The first-order chi connectivity index (χ1) is 10.7. The van der Waals surface area contributed by atoms with E-state index in [2.05, 4.69) is 15.5 Å². The molecule has 3 aromatic rings. The normalized spacial score (nSPS) is 14.2. The Bertz CT molecular complexity index is 864. The van der Waals surface area contributed by atoms with E-state index in [0.29, 0.717) is 5.82 Å². The highest BCUT2D eigenvalue weighted by Gasteiger charge is 2.30. The number of hydrogen-bond donors (Lipinski definition) is 3. The van der Waals surface area contributed by atoms with Crippen LogP contribution in [0.4, 0.5) is 11.5 Å². The molecule has 5 nitrogen and oxygen atoms in total. The predicted molar refractivity (Wildman–Crippen MR) is 87.3 cm³/mol. The summed E-state index contributed by atoms with van der Waals surface area (Å²) >= 11 is 0. The summed E-state index contributed by atoms with van der Waals surface area (Å²) in [6.07, 6.45) is 1.96. The van der Waals surface area contributed by atoms with Gasteiger partial charge in [0.2, 0.25) is 5.91 Å². The number of H-pyrrole nitrogens is 1. The lowest BCUT2D eigenvalue weighted by Crippen LogP contribution is -2.13. The second-order valence-corrected chi connectivity index (χ2v) is 5.72. The van der Waals surface area contributed by atoms with Crippen molar-refractivity contribution in [2.24, 2.45) is 5.92 Å². The molecule has 0 radical (unpaired) electrons. The molecule has 1 aliphatic rings. The van der Waals surface area contributed by atoms with Crippen molar-refractivity contribution >= 4 is 28.3 Å². The summed E-state index contributed by atoms with van der Waals surface area (Å²) in [5.41, 5.74) is 9.58. The number of anilines is 2. The number of amides is 1. The third-order valence-corrected chi connectivity index (χ3v) is 3.97. The Balaban J connectivity index is 1.68. The fraction of sp³-hybridized carbons (Fsp3) is 0.176. The standard InChI is InChI=1S/C17H16N4O/c18-13-3-1-2-11(8-13)12-6-7-14-15(9-12)20-21-16(14)19-17(22)10-4-5-10/h1-3,6-10H,4-5,18H2,(H2,19,20,21,22). The van der Waals surface area contributed by atoms with Crippen LogP contribution in [0.15, 0.2) is 42.5 Å². The number of carbonyl (C=O) groups is 1. The van der Waals surface area contributed by atoms with Gasteiger partial charge in [0, 0.05) is 17.0 Å². The molecule has 0 saturated heterocycles. The molecule has 110 valence electrons. The number of nitrogens with two attached hydrogens (primary N) is 1. The smallest absolute Gasteiger partial charge is 0.228 e. The maximum absolute atomic E-state index is 11.9. The first-order valence-electron chi connectivity index (χ1n) is 7.35. The largest absolute Gasteiger partial charge is 0.399 e. The third kappa shape index (κ3) is 2.30. The monoisotopic (exact) mass is 292 g/mol. The number of nitrogen functional groups attached to an aromatic ring is 1. The van der Waals surface area contributed by atoms with Crippen LogP contribution < -0.4 is 11.1 Å². The molecule has 1 aromatic heterocycles. The van der Waals surface area contributed by atoms with Crippen LogP contribution in [0.25, 0.3) is 22.0 Å². The maximum Gasteiger partial charge on any atom is 0.228 e. The lowest BCUT2D eigenvalue weighted by atomic mass is 10.0. The fourth-order valence-electron chi connectivity index (χ4n) is 2.58. The quantitative estimate of drug-likeness (QED) is 0.648. The van der Waals surface area contributed by atoms with E-state index in [1.54, 1.807) is 0 Å². The third-order valence-electron chi connectivity index (χ3n) is 3.97. The van der Waals surface area contributed by atoms with Crippen molar-refractivity contribution in [3.8, 4) is 11.1 Å². The lowest BCUT2D eigenvalue weighted by Gasteiger charge is -2.04. The molecule has 1 fully saturated rings. The first-order valence-corrected chi connectivity index (χ1v) is 7.35. The lowest BCUT2D eigenvalue weighted by molar-refractivity contribution is -0.117. The van der Waals surface area contributed by atoms with E-state index in [-0.39, 0.29) is 11.8 Å². The number of benzene rings is 2. The molecule has 1 aliphatic carbocycles. The van der Waals surface area contributed by atoms with Crippen molar-refractivity contribution in [3.05, 3.63) is 42.5 Å². The molecule has 1 saturated carbocycles. The summed E-state index contributed by atoms with van der Waals surface area (Å²) in [4.78, 5) is 11.9. The van der Waals surface area contributed by atoms with Gasteiger partial charge in [-0.15, -0.1) is 0 Å². The average Bonchev–Trinajstić information content (AvgIpc) is 3.30. The van der Waals surface area contributed by atoms with Crippen LogP contribution in [-0.2, 0) is 4.79 Å².